The second-order valence-corrected chi connectivity index (χ2v) is 9.71. The molecule has 0 bridgehead atoms. The number of aromatic nitrogens is 3. The van der Waals surface area contributed by atoms with E-state index in [4.69, 9.17) is 11.6 Å². The van der Waals surface area contributed by atoms with Gasteiger partial charge in [-0.15, -0.1) is 21.5 Å². The molecule has 4 rings (SSSR count). The predicted octanol–water partition coefficient (Wildman–Crippen LogP) is 5.51. The van der Waals surface area contributed by atoms with Crippen molar-refractivity contribution >= 4 is 46.8 Å². The Balaban J connectivity index is 1.52. The molecule has 0 saturated heterocycles. The number of hydrazone groups is 1. The second kappa shape index (κ2) is 10.1. The molecule has 4 aromatic rings. The predicted molar refractivity (Wildman–Crippen MR) is 132 cm³/mol. The Hall–Kier alpha value is -2.94. The molecule has 0 aliphatic carbocycles. The fraction of sp³-hybridized carbons (Fsp3) is 0.130. The highest BCUT2D eigenvalue weighted by atomic mass is 35.5. The third kappa shape index (κ3) is 5.45. The van der Waals surface area contributed by atoms with Crippen molar-refractivity contribution < 1.29 is 4.79 Å². The summed E-state index contributed by atoms with van der Waals surface area (Å²) in [5, 5.41) is 14.0. The summed E-state index contributed by atoms with van der Waals surface area (Å²) >= 11 is 8.96. The van der Waals surface area contributed by atoms with Crippen LogP contribution in [0.25, 0.3) is 17.1 Å². The summed E-state index contributed by atoms with van der Waals surface area (Å²) in [4.78, 5) is 14.5. The topological polar surface area (TPSA) is 72.2 Å². The smallest absolute Gasteiger partial charge is 0.250 e. The molecule has 0 saturated carbocycles. The van der Waals surface area contributed by atoms with Gasteiger partial charge in [-0.1, -0.05) is 41.1 Å². The van der Waals surface area contributed by atoms with Gasteiger partial charge in [0.1, 0.15) is 0 Å². The molecule has 0 aliphatic heterocycles. The highest BCUT2D eigenvalue weighted by molar-refractivity contribution is 7.99. The van der Waals surface area contributed by atoms with Crippen molar-refractivity contribution in [3.8, 4) is 17.1 Å². The van der Waals surface area contributed by atoms with E-state index in [-0.39, 0.29) is 11.7 Å². The molecule has 1 N–H and O–H groups in total. The van der Waals surface area contributed by atoms with E-state index in [1.165, 1.54) is 16.6 Å². The number of rotatable bonds is 7. The van der Waals surface area contributed by atoms with Crippen molar-refractivity contribution in [1.82, 2.24) is 20.2 Å². The number of aryl methyl sites for hydroxylation is 2. The standard InChI is InChI=1S/C23H20ClN5OS2/c1-15-3-10-19(11-4-15)29-22(17-6-8-18(24)9-7-17)27-28-23(29)31-14-21(30)26-25-13-20-12-5-16(2)32-20/h3-13H,14H2,1-2H3,(H,26,30)/b25-13+. The van der Waals surface area contributed by atoms with Crippen LogP contribution in [0, 0.1) is 13.8 Å². The van der Waals surface area contributed by atoms with Gasteiger partial charge in [0.05, 0.1) is 12.0 Å². The number of halogens is 1. The number of benzene rings is 2. The summed E-state index contributed by atoms with van der Waals surface area (Å²) in [5.74, 6) is 0.622. The minimum atomic E-state index is -0.217. The first-order valence-electron chi connectivity index (χ1n) is 9.79. The highest BCUT2D eigenvalue weighted by Gasteiger charge is 2.17. The van der Waals surface area contributed by atoms with Crippen LogP contribution in [-0.2, 0) is 4.79 Å². The van der Waals surface area contributed by atoms with Crippen LogP contribution in [0.5, 0.6) is 0 Å². The Bertz CT molecular complexity index is 1250. The SMILES string of the molecule is Cc1ccc(-n2c(SCC(=O)N/N=C/c3ccc(C)s3)nnc2-c2ccc(Cl)cc2)cc1. The Morgan fingerprint density at radius 1 is 1.09 bits per heavy atom. The number of carbonyl (C=O) groups excluding carboxylic acids is 1. The molecule has 0 atom stereocenters. The number of nitrogens with one attached hydrogen (secondary N) is 1. The average Bonchev–Trinajstić information content (AvgIpc) is 3.39. The van der Waals surface area contributed by atoms with Gasteiger partial charge >= 0.3 is 0 Å². The first-order chi connectivity index (χ1) is 15.5. The molecule has 2 aromatic heterocycles. The van der Waals surface area contributed by atoms with Gasteiger partial charge in [0, 0.05) is 26.0 Å². The summed E-state index contributed by atoms with van der Waals surface area (Å²) in [6.07, 6.45) is 1.65. The van der Waals surface area contributed by atoms with Crippen LogP contribution in [0.2, 0.25) is 5.02 Å². The van der Waals surface area contributed by atoms with Gasteiger partial charge in [-0.25, -0.2) is 5.43 Å². The molecular weight excluding hydrogens is 462 g/mol. The fourth-order valence-corrected chi connectivity index (χ4v) is 4.55. The van der Waals surface area contributed by atoms with Crippen molar-refractivity contribution in [2.75, 3.05) is 5.75 Å². The zero-order valence-electron chi connectivity index (χ0n) is 17.4. The van der Waals surface area contributed by atoms with Gasteiger partial charge in [-0.05, 0) is 62.4 Å². The lowest BCUT2D eigenvalue weighted by atomic mass is 10.2. The molecule has 0 fully saturated rings. The molecule has 32 heavy (non-hydrogen) atoms. The van der Waals surface area contributed by atoms with E-state index in [9.17, 15) is 4.79 Å². The summed E-state index contributed by atoms with van der Waals surface area (Å²) < 4.78 is 1.94. The summed E-state index contributed by atoms with van der Waals surface area (Å²) in [7, 11) is 0. The molecule has 0 unspecified atom stereocenters. The number of amides is 1. The zero-order chi connectivity index (χ0) is 22.5. The van der Waals surface area contributed by atoms with E-state index in [2.05, 4.69) is 20.7 Å². The maximum absolute atomic E-state index is 12.3. The maximum atomic E-state index is 12.3. The number of carbonyl (C=O) groups is 1. The van der Waals surface area contributed by atoms with Gasteiger partial charge < -0.3 is 0 Å². The van der Waals surface area contributed by atoms with Crippen molar-refractivity contribution in [2.45, 2.75) is 19.0 Å². The number of nitrogens with zero attached hydrogens (tertiary/aromatic N) is 4. The zero-order valence-corrected chi connectivity index (χ0v) is 19.8. The summed E-state index contributed by atoms with van der Waals surface area (Å²) in [6, 6.07) is 19.5. The third-order valence-electron chi connectivity index (χ3n) is 4.50. The molecule has 1 amide bonds. The van der Waals surface area contributed by atoms with Gasteiger partial charge in [0.2, 0.25) is 0 Å². The van der Waals surface area contributed by atoms with E-state index < -0.39 is 0 Å². The van der Waals surface area contributed by atoms with Crippen LogP contribution >= 0.6 is 34.7 Å². The number of thiophene rings is 1. The first kappa shape index (κ1) is 22.3. The van der Waals surface area contributed by atoms with Crippen molar-refractivity contribution in [3.05, 3.63) is 81.0 Å². The Morgan fingerprint density at radius 3 is 2.53 bits per heavy atom. The summed E-state index contributed by atoms with van der Waals surface area (Å²) in [5.41, 5.74) is 5.52. The monoisotopic (exact) mass is 481 g/mol. The molecule has 2 heterocycles. The maximum Gasteiger partial charge on any atom is 0.250 e. The van der Waals surface area contributed by atoms with E-state index >= 15 is 0 Å². The minimum absolute atomic E-state index is 0.158. The molecule has 162 valence electrons. The van der Waals surface area contributed by atoms with E-state index in [1.807, 2.05) is 79.1 Å². The van der Waals surface area contributed by atoms with Crippen LogP contribution in [0.3, 0.4) is 0 Å². The Kier molecular flexibility index (Phi) is 7.04. The number of hydrogen-bond donors (Lipinski definition) is 1. The van der Waals surface area contributed by atoms with Gasteiger partial charge in [0.25, 0.3) is 5.91 Å². The van der Waals surface area contributed by atoms with Gasteiger partial charge in [-0.2, -0.15) is 5.10 Å². The summed E-state index contributed by atoms with van der Waals surface area (Å²) in [6.45, 7) is 4.06. The Morgan fingerprint density at radius 2 is 1.84 bits per heavy atom. The van der Waals surface area contributed by atoms with E-state index in [1.54, 1.807) is 17.6 Å². The molecule has 0 spiro atoms. The molecule has 0 radical (unpaired) electrons. The molecular formula is C23H20ClN5OS2. The van der Waals surface area contributed by atoms with Crippen molar-refractivity contribution in [1.29, 1.82) is 0 Å². The molecule has 9 heteroatoms. The van der Waals surface area contributed by atoms with E-state index in [0.29, 0.717) is 16.0 Å². The van der Waals surface area contributed by atoms with Crippen LogP contribution in [0.4, 0.5) is 0 Å². The first-order valence-corrected chi connectivity index (χ1v) is 12.0. The minimum Gasteiger partial charge on any atom is -0.272 e. The molecule has 6 nitrogen and oxygen atoms in total. The number of hydrogen-bond acceptors (Lipinski definition) is 6. The van der Waals surface area contributed by atoms with Crippen LogP contribution in [0.15, 0.2) is 70.9 Å². The molecule has 2 aromatic carbocycles. The number of thioether (sulfide) groups is 1. The van der Waals surface area contributed by atoms with Gasteiger partial charge in [0.15, 0.2) is 11.0 Å². The Labute approximate surface area is 199 Å². The second-order valence-electron chi connectivity index (χ2n) is 7.01. The lowest BCUT2D eigenvalue weighted by molar-refractivity contribution is -0.118. The third-order valence-corrected chi connectivity index (χ3v) is 6.62. The van der Waals surface area contributed by atoms with Crippen LogP contribution < -0.4 is 5.43 Å². The van der Waals surface area contributed by atoms with Crippen molar-refractivity contribution in [2.24, 2.45) is 5.10 Å². The fourth-order valence-electron chi connectivity index (χ4n) is 2.93. The quantitative estimate of drug-likeness (QED) is 0.214. The van der Waals surface area contributed by atoms with Crippen molar-refractivity contribution in [3.63, 3.8) is 0 Å². The highest BCUT2D eigenvalue weighted by Crippen LogP contribution is 2.28. The van der Waals surface area contributed by atoms with Crippen LogP contribution in [-0.4, -0.2) is 32.6 Å². The lowest BCUT2D eigenvalue weighted by Gasteiger charge is -2.10. The lowest BCUT2D eigenvalue weighted by Crippen LogP contribution is -2.19. The average molecular weight is 482 g/mol. The molecule has 0 aliphatic rings. The van der Waals surface area contributed by atoms with Crippen LogP contribution in [0.1, 0.15) is 15.3 Å². The normalized spacial score (nSPS) is 11.2. The van der Waals surface area contributed by atoms with E-state index in [0.717, 1.165) is 21.7 Å². The van der Waals surface area contributed by atoms with Gasteiger partial charge in [-0.3, -0.25) is 9.36 Å². The largest absolute Gasteiger partial charge is 0.272 e.